The fourth-order valence-corrected chi connectivity index (χ4v) is 2.19. The molecule has 0 aromatic rings. The molecule has 0 aromatic carbocycles. The van der Waals surface area contributed by atoms with Crippen LogP contribution in [0.4, 0.5) is 0 Å². The average Bonchev–Trinajstić information content (AvgIpc) is 2.60. The SMILES string of the molecule is CCCNC(=S)N(C)CC1CCN(C)C1. The van der Waals surface area contributed by atoms with Gasteiger partial charge < -0.3 is 15.1 Å². The lowest BCUT2D eigenvalue weighted by atomic mass is 10.1. The minimum atomic E-state index is 0.779. The maximum absolute atomic E-state index is 5.31. The molecule has 1 aliphatic heterocycles. The fraction of sp³-hybridized carbons (Fsp3) is 0.909. The van der Waals surface area contributed by atoms with E-state index >= 15 is 0 Å². The highest BCUT2D eigenvalue weighted by molar-refractivity contribution is 7.80. The molecule has 0 aliphatic carbocycles. The predicted molar refractivity (Wildman–Crippen MR) is 69.1 cm³/mol. The van der Waals surface area contributed by atoms with Crippen LogP contribution in [0.5, 0.6) is 0 Å². The number of hydrogen-bond donors (Lipinski definition) is 1. The van der Waals surface area contributed by atoms with Crippen molar-refractivity contribution >= 4 is 17.3 Å². The van der Waals surface area contributed by atoms with Crippen molar-refractivity contribution in [1.29, 1.82) is 0 Å². The minimum absolute atomic E-state index is 0.779. The Labute approximate surface area is 98.8 Å². The zero-order valence-electron chi connectivity index (χ0n) is 10.1. The average molecular weight is 229 g/mol. The highest BCUT2D eigenvalue weighted by atomic mass is 32.1. The van der Waals surface area contributed by atoms with E-state index in [0.717, 1.165) is 30.5 Å². The first kappa shape index (κ1) is 12.7. The molecule has 1 atom stereocenters. The first-order valence-corrected chi connectivity index (χ1v) is 6.21. The summed E-state index contributed by atoms with van der Waals surface area (Å²) in [5, 5.41) is 4.16. The van der Waals surface area contributed by atoms with Gasteiger partial charge in [0, 0.05) is 26.7 Å². The van der Waals surface area contributed by atoms with Gasteiger partial charge in [-0.15, -0.1) is 0 Å². The molecular weight excluding hydrogens is 206 g/mol. The second-order valence-electron chi connectivity index (χ2n) is 4.53. The summed E-state index contributed by atoms with van der Waals surface area (Å²) in [5.74, 6) is 0.779. The number of nitrogens with one attached hydrogen (secondary N) is 1. The van der Waals surface area contributed by atoms with Gasteiger partial charge in [0.05, 0.1) is 0 Å². The Morgan fingerprint density at radius 1 is 1.60 bits per heavy atom. The topological polar surface area (TPSA) is 18.5 Å². The number of likely N-dealkylation sites (tertiary alicyclic amines) is 1. The molecule has 0 radical (unpaired) electrons. The van der Waals surface area contributed by atoms with Crippen molar-refractivity contribution < 1.29 is 0 Å². The van der Waals surface area contributed by atoms with E-state index in [9.17, 15) is 0 Å². The Hall–Kier alpha value is -0.350. The number of thiocarbonyl (C=S) groups is 1. The molecule has 88 valence electrons. The number of rotatable bonds is 4. The Kier molecular flexibility index (Phi) is 5.32. The third kappa shape index (κ3) is 4.34. The van der Waals surface area contributed by atoms with Crippen molar-refractivity contribution in [2.75, 3.05) is 40.3 Å². The summed E-state index contributed by atoms with van der Waals surface area (Å²) in [5.41, 5.74) is 0. The normalized spacial score (nSPS) is 21.7. The molecule has 15 heavy (non-hydrogen) atoms. The first-order chi connectivity index (χ1) is 7.13. The first-order valence-electron chi connectivity index (χ1n) is 5.81. The van der Waals surface area contributed by atoms with Crippen molar-refractivity contribution in [3.05, 3.63) is 0 Å². The maximum Gasteiger partial charge on any atom is 0.168 e. The Bertz CT molecular complexity index is 208. The van der Waals surface area contributed by atoms with Crippen LogP contribution in [0.3, 0.4) is 0 Å². The van der Waals surface area contributed by atoms with E-state index in [4.69, 9.17) is 12.2 Å². The maximum atomic E-state index is 5.31. The van der Waals surface area contributed by atoms with Gasteiger partial charge in [-0.1, -0.05) is 6.92 Å². The van der Waals surface area contributed by atoms with E-state index in [1.54, 1.807) is 0 Å². The van der Waals surface area contributed by atoms with Crippen LogP contribution in [0.25, 0.3) is 0 Å². The summed E-state index contributed by atoms with van der Waals surface area (Å²) < 4.78 is 0. The lowest BCUT2D eigenvalue weighted by molar-refractivity contribution is 0.353. The van der Waals surface area contributed by atoms with Gasteiger partial charge in [-0.3, -0.25) is 0 Å². The lowest BCUT2D eigenvalue weighted by Crippen LogP contribution is -2.40. The Balaban J connectivity index is 2.22. The third-order valence-corrected chi connectivity index (χ3v) is 3.35. The molecule has 1 aliphatic rings. The molecule has 3 nitrogen and oxygen atoms in total. The van der Waals surface area contributed by atoms with Crippen LogP contribution in [0.1, 0.15) is 19.8 Å². The molecule has 0 aromatic heterocycles. The molecule has 1 N–H and O–H groups in total. The van der Waals surface area contributed by atoms with Crippen molar-refractivity contribution in [3.8, 4) is 0 Å². The number of nitrogens with zero attached hydrogens (tertiary/aromatic N) is 2. The molecule has 1 heterocycles. The molecule has 1 fully saturated rings. The highest BCUT2D eigenvalue weighted by Crippen LogP contribution is 2.14. The molecule has 1 rings (SSSR count). The van der Waals surface area contributed by atoms with Gasteiger partial charge in [0.15, 0.2) is 5.11 Å². The zero-order chi connectivity index (χ0) is 11.3. The van der Waals surface area contributed by atoms with Gasteiger partial charge in [-0.2, -0.15) is 0 Å². The second kappa shape index (κ2) is 6.28. The van der Waals surface area contributed by atoms with E-state index in [-0.39, 0.29) is 0 Å². The van der Waals surface area contributed by atoms with Gasteiger partial charge in [0.1, 0.15) is 0 Å². The lowest BCUT2D eigenvalue weighted by Gasteiger charge is -2.24. The standard InChI is InChI=1S/C11H23N3S/c1-4-6-12-11(15)14(3)9-10-5-7-13(2)8-10/h10H,4-9H2,1-3H3,(H,12,15). The third-order valence-electron chi connectivity index (χ3n) is 2.89. The zero-order valence-corrected chi connectivity index (χ0v) is 10.9. The highest BCUT2D eigenvalue weighted by Gasteiger charge is 2.21. The van der Waals surface area contributed by atoms with Crippen LogP contribution in [0.15, 0.2) is 0 Å². The van der Waals surface area contributed by atoms with Crippen molar-refractivity contribution in [3.63, 3.8) is 0 Å². The van der Waals surface area contributed by atoms with Gasteiger partial charge in [0.2, 0.25) is 0 Å². The molecule has 0 spiro atoms. The molecule has 4 heteroatoms. The van der Waals surface area contributed by atoms with E-state index in [2.05, 4.69) is 36.1 Å². The minimum Gasteiger partial charge on any atom is -0.363 e. The van der Waals surface area contributed by atoms with Crippen LogP contribution in [0.2, 0.25) is 0 Å². The van der Waals surface area contributed by atoms with E-state index < -0.39 is 0 Å². The molecule has 1 unspecified atom stereocenters. The quantitative estimate of drug-likeness (QED) is 0.729. The second-order valence-corrected chi connectivity index (χ2v) is 4.92. The van der Waals surface area contributed by atoms with Crippen LogP contribution in [-0.2, 0) is 0 Å². The summed E-state index contributed by atoms with van der Waals surface area (Å²) in [7, 11) is 4.27. The molecule has 0 bridgehead atoms. The van der Waals surface area contributed by atoms with E-state index in [1.165, 1.54) is 19.5 Å². The van der Waals surface area contributed by atoms with E-state index in [0.29, 0.717) is 0 Å². The Morgan fingerprint density at radius 3 is 2.87 bits per heavy atom. The fourth-order valence-electron chi connectivity index (χ4n) is 2.01. The summed E-state index contributed by atoms with van der Waals surface area (Å²) in [6, 6.07) is 0. The Morgan fingerprint density at radius 2 is 2.33 bits per heavy atom. The van der Waals surface area contributed by atoms with Crippen LogP contribution >= 0.6 is 12.2 Å². The molecule has 0 amide bonds. The molecule has 1 saturated heterocycles. The van der Waals surface area contributed by atoms with Crippen molar-refractivity contribution in [2.24, 2.45) is 5.92 Å². The van der Waals surface area contributed by atoms with Gasteiger partial charge >= 0.3 is 0 Å². The smallest absolute Gasteiger partial charge is 0.168 e. The van der Waals surface area contributed by atoms with Gasteiger partial charge in [-0.05, 0) is 44.6 Å². The molecule has 0 saturated carbocycles. The van der Waals surface area contributed by atoms with E-state index in [1.807, 2.05) is 0 Å². The van der Waals surface area contributed by atoms with Gasteiger partial charge in [-0.25, -0.2) is 0 Å². The number of hydrogen-bond acceptors (Lipinski definition) is 2. The van der Waals surface area contributed by atoms with Gasteiger partial charge in [0.25, 0.3) is 0 Å². The monoisotopic (exact) mass is 229 g/mol. The summed E-state index contributed by atoms with van der Waals surface area (Å²) >= 11 is 5.31. The van der Waals surface area contributed by atoms with Crippen LogP contribution < -0.4 is 5.32 Å². The summed E-state index contributed by atoms with van der Waals surface area (Å²) in [6.45, 7) is 6.66. The summed E-state index contributed by atoms with van der Waals surface area (Å²) in [6.07, 6.45) is 2.43. The van der Waals surface area contributed by atoms with Crippen LogP contribution in [-0.4, -0.2) is 55.2 Å². The predicted octanol–water partition coefficient (Wildman–Crippen LogP) is 1.15. The summed E-state index contributed by atoms with van der Waals surface area (Å²) in [4.78, 5) is 4.57. The molecular formula is C11H23N3S. The van der Waals surface area contributed by atoms with Crippen molar-refractivity contribution in [2.45, 2.75) is 19.8 Å². The van der Waals surface area contributed by atoms with Crippen LogP contribution in [0, 0.1) is 5.92 Å². The largest absolute Gasteiger partial charge is 0.363 e. The van der Waals surface area contributed by atoms with Crippen molar-refractivity contribution in [1.82, 2.24) is 15.1 Å².